The normalized spacial score (nSPS) is 25.1. The summed E-state index contributed by atoms with van der Waals surface area (Å²) >= 11 is 0. The smallest absolute Gasteiger partial charge is 0.0741 e. The largest absolute Gasteiger partial charge is 0.391 e. The fraction of sp³-hybridized carbons (Fsp3) is 0.571. The van der Waals surface area contributed by atoms with Crippen molar-refractivity contribution in [2.45, 2.75) is 32.9 Å². The van der Waals surface area contributed by atoms with Gasteiger partial charge < -0.3 is 15.7 Å². The molecule has 2 atom stereocenters. The van der Waals surface area contributed by atoms with E-state index in [0.717, 1.165) is 25.1 Å². The van der Waals surface area contributed by atoms with Crippen LogP contribution in [0.1, 0.15) is 24.5 Å². The van der Waals surface area contributed by atoms with E-state index in [1.54, 1.807) is 0 Å². The molecule has 3 N–H and O–H groups in total. The van der Waals surface area contributed by atoms with Gasteiger partial charge in [0, 0.05) is 25.3 Å². The Labute approximate surface area is 103 Å². The van der Waals surface area contributed by atoms with Crippen LogP contribution in [0.25, 0.3) is 0 Å². The van der Waals surface area contributed by atoms with E-state index in [9.17, 15) is 5.11 Å². The van der Waals surface area contributed by atoms with E-state index in [1.165, 1.54) is 11.3 Å². The van der Waals surface area contributed by atoms with Crippen LogP contribution in [0, 0.1) is 12.8 Å². The second-order valence-electron chi connectivity index (χ2n) is 5.10. The van der Waals surface area contributed by atoms with Crippen molar-refractivity contribution >= 4 is 5.69 Å². The van der Waals surface area contributed by atoms with Crippen molar-refractivity contribution in [2.75, 3.05) is 18.0 Å². The van der Waals surface area contributed by atoms with Crippen LogP contribution in [-0.4, -0.2) is 24.3 Å². The molecule has 2 unspecified atom stereocenters. The van der Waals surface area contributed by atoms with E-state index in [-0.39, 0.29) is 6.10 Å². The van der Waals surface area contributed by atoms with Gasteiger partial charge in [-0.05, 0) is 36.5 Å². The number of hydrogen-bond acceptors (Lipinski definition) is 3. The molecule has 1 aromatic carbocycles. The Morgan fingerprint density at radius 2 is 2.24 bits per heavy atom. The maximum Gasteiger partial charge on any atom is 0.0741 e. The molecule has 1 fully saturated rings. The van der Waals surface area contributed by atoms with Crippen LogP contribution in [0.4, 0.5) is 5.69 Å². The molecule has 0 radical (unpaired) electrons. The predicted molar refractivity (Wildman–Crippen MR) is 71.1 cm³/mol. The van der Waals surface area contributed by atoms with Gasteiger partial charge in [-0.2, -0.15) is 0 Å². The van der Waals surface area contributed by atoms with Crippen molar-refractivity contribution in [2.24, 2.45) is 11.7 Å². The van der Waals surface area contributed by atoms with Gasteiger partial charge in [-0.1, -0.05) is 19.1 Å². The monoisotopic (exact) mass is 234 g/mol. The van der Waals surface area contributed by atoms with Crippen molar-refractivity contribution in [1.82, 2.24) is 0 Å². The molecular formula is C14H22N2O. The quantitative estimate of drug-likeness (QED) is 0.818. The minimum Gasteiger partial charge on any atom is -0.391 e. The van der Waals surface area contributed by atoms with Gasteiger partial charge in [0.2, 0.25) is 0 Å². The molecular weight excluding hydrogens is 212 g/mol. The van der Waals surface area contributed by atoms with Crippen LogP contribution >= 0.6 is 0 Å². The Kier molecular flexibility index (Phi) is 3.69. The maximum atomic E-state index is 9.94. The molecule has 94 valence electrons. The molecule has 0 bridgehead atoms. The molecule has 1 aliphatic rings. The standard InChI is InChI=1S/C14H22N2O/c1-10-5-6-16(9-14(10)17)13-4-3-12(8-15)7-11(13)2/h3-4,7,10,14,17H,5-6,8-9,15H2,1-2H3. The molecule has 1 aromatic rings. The first-order valence-corrected chi connectivity index (χ1v) is 6.34. The highest BCUT2D eigenvalue weighted by Crippen LogP contribution is 2.26. The van der Waals surface area contributed by atoms with Crippen LogP contribution in [0.15, 0.2) is 18.2 Å². The van der Waals surface area contributed by atoms with E-state index < -0.39 is 0 Å². The lowest BCUT2D eigenvalue weighted by Gasteiger charge is -2.36. The number of benzene rings is 1. The Morgan fingerprint density at radius 1 is 1.47 bits per heavy atom. The first-order valence-electron chi connectivity index (χ1n) is 6.34. The summed E-state index contributed by atoms with van der Waals surface area (Å²) in [5.74, 6) is 0.412. The van der Waals surface area contributed by atoms with Gasteiger partial charge in [0.15, 0.2) is 0 Å². The highest BCUT2D eigenvalue weighted by atomic mass is 16.3. The molecule has 3 nitrogen and oxygen atoms in total. The van der Waals surface area contributed by atoms with Crippen LogP contribution in [0.2, 0.25) is 0 Å². The molecule has 1 saturated heterocycles. The molecule has 0 spiro atoms. The molecule has 2 rings (SSSR count). The van der Waals surface area contributed by atoms with Crippen LogP contribution < -0.4 is 10.6 Å². The highest BCUT2D eigenvalue weighted by molar-refractivity contribution is 5.55. The number of β-amino-alcohol motifs (C(OH)–C–C–N with tert-alkyl or cyclic N) is 1. The van der Waals surface area contributed by atoms with E-state index in [2.05, 4.69) is 36.9 Å². The molecule has 3 heteroatoms. The third kappa shape index (κ3) is 2.61. The van der Waals surface area contributed by atoms with Gasteiger partial charge >= 0.3 is 0 Å². The van der Waals surface area contributed by atoms with Crippen LogP contribution in [0.3, 0.4) is 0 Å². The number of hydrogen-bond donors (Lipinski definition) is 2. The number of nitrogens with zero attached hydrogens (tertiary/aromatic N) is 1. The van der Waals surface area contributed by atoms with E-state index >= 15 is 0 Å². The number of rotatable bonds is 2. The maximum absolute atomic E-state index is 9.94. The minimum atomic E-state index is -0.211. The zero-order valence-corrected chi connectivity index (χ0v) is 10.7. The number of piperidine rings is 1. The summed E-state index contributed by atoms with van der Waals surface area (Å²) < 4.78 is 0. The summed E-state index contributed by atoms with van der Waals surface area (Å²) in [4.78, 5) is 2.28. The Balaban J connectivity index is 2.17. The number of nitrogens with two attached hydrogens (primary N) is 1. The van der Waals surface area contributed by atoms with E-state index in [4.69, 9.17) is 5.73 Å². The summed E-state index contributed by atoms with van der Waals surface area (Å²) in [6.07, 6.45) is 0.844. The average molecular weight is 234 g/mol. The zero-order valence-electron chi connectivity index (χ0n) is 10.7. The van der Waals surface area contributed by atoms with Crippen molar-refractivity contribution in [3.8, 4) is 0 Å². The zero-order chi connectivity index (χ0) is 12.4. The first kappa shape index (κ1) is 12.4. The predicted octanol–water partition coefficient (Wildman–Crippen LogP) is 1.66. The number of aliphatic hydroxyl groups excluding tert-OH is 1. The van der Waals surface area contributed by atoms with Gasteiger partial charge in [-0.3, -0.25) is 0 Å². The van der Waals surface area contributed by atoms with Crippen molar-refractivity contribution in [1.29, 1.82) is 0 Å². The number of aliphatic hydroxyl groups is 1. The van der Waals surface area contributed by atoms with Gasteiger partial charge in [0.05, 0.1) is 6.10 Å². The lowest BCUT2D eigenvalue weighted by molar-refractivity contribution is 0.103. The van der Waals surface area contributed by atoms with E-state index in [1.807, 2.05) is 0 Å². The summed E-state index contributed by atoms with van der Waals surface area (Å²) in [5, 5.41) is 9.94. The third-order valence-corrected chi connectivity index (χ3v) is 3.76. The second kappa shape index (κ2) is 5.07. The van der Waals surface area contributed by atoms with Gasteiger partial charge in [-0.15, -0.1) is 0 Å². The summed E-state index contributed by atoms with van der Waals surface area (Å²) in [7, 11) is 0. The fourth-order valence-corrected chi connectivity index (χ4v) is 2.47. The topological polar surface area (TPSA) is 49.5 Å². The fourth-order valence-electron chi connectivity index (χ4n) is 2.47. The molecule has 1 aliphatic heterocycles. The second-order valence-corrected chi connectivity index (χ2v) is 5.10. The Bertz CT molecular complexity index is 392. The molecule has 0 saturated carbocycles. The van der Waals surface area contributed by atoms with Gasteiger partial charge in [0.1, 0.15) is 0 Å². The Morgan fingerprint density at radius 3 is 2.82 bits per heavy atom. The SMILES string of the molecule is Cc1cc(CN)ccc1N1CCC(C)C(O)C1. The molecule has 0 aliphatic carbocycles. The highest BCUT2D eigenvalue weighted by Gasteiger charge is 2.24. The lowest BCUT2D eigenvalue weighted by atomic mass is 9.95. The summed E-state index contributed by atoms with van der Waals surface area (Å²) in [6.45, 7) is 6.58. The Hall–Kier alpha value is -1.06. The first-order chi connectivity index (χ1) is 8.11. The molecule has 1 heterocycles. The molecule has 0 aromatic heterocycles. The van der Waals surface area contributed by atoms with Crippen LogP contribution in [0.5, 0.6) is 0 Å². The van der Waals surface area contributed by atoms with Gasteiger partial charge in [0.25, 0.3) is 0 Å². The number of anilines is 1. The third-order valence-electron chi connectivity index (χ3n) is 3.76. The van der Waals surface area contributed by atoms with Crippen LogP contribution in [-0.2, 0) is 6.54 Å². The lowest BCUT2D eigenvalue weighted by Crippen LogP contribution is -2.43. The number of aryl methyl sites for hydroxylation is 1. The van der Waals surface area contributed by atoms with Crippen molar-refractivity contribution in [3.05, 3.63) is 29.3 Å². The van der Waals surface area contributed by atoms with Crippen molar-refractivity contribution in [3.63, 3.8) is 0 Å². The average Bonchev–Trinajstić information content (AvgIpc) is 2.32. The molecule has 0 amide bonds. The minimum absolute atomic E-state index is 0.211. The van der Waals surface area contributed by atoms with Gasteiger partial charge in [-0.25, -0.2) is 0 Å². The van der Waals surface area contributed by atoms with Crippen molar-refractivity contribution < 1.29 is 5.11 Å². The summed E-state index contributed by atoms with van der Waals surface area (Å²) in [5.41, 5.74) is 9.27. The van der Waals surface area contributed by atoms with E-state index in [0.29, 0.717) is 12.5 Å². The summed E-state index contributed by atoms with van der Waals surface area (Å²) in [6, 6.07) is 6.34. The molecule has 17 heavy (non-hydrogen) atoms.